The largest absolute Gasteiger partial charge is 0.250 e. The Morgan fingerprint density at radius 2 is 1.79 bits per heavy atom. The lowest BCUT2D eigenvalue weighted by atomic mass is 10.1. The minimum Gasteiger partial charge on any atom is -0.250 e. The Morgan fingerprint density at radius 1 is 1.11 bits per heavy atom. The van der Waals surface area contributed by atoms with Crippen molar-refractivity contribution in [2.45, 2.75) is 17.7 Å². The van der Waals surface area contributed by atoms with E-state index in [0.29, 0.717) is 5.88 Å². The van der Waals surface area contributed by atoms with Crippen LogP contribution in [0.1, 0.15) is 16.7 Å². The molecule has 1 unspecified atom stereocenters. The van der Waals surface area contributed by atoms with Crippen molar-refractivity contribution in [2.24, 2.45) is 0 Å². The number of benzene rings is 2. The number of alkyl halides is 1. The van der Waals surface area contributed by atoms with Gasteiger partial charge in [-0.3, -0.25) is 0 Å². The topological polar surface area (TPSA) is 17.1 Å². The molecule has 0 fully saturated rings. The van der Waals surface area contributed by atoms with Crippen molar-refractivity contribution in [2.75, 3.05) is 0 Å². The Hall–Kier alpha value is -1.38. The monoisotopic (exact) mass is 290 g/mol. The van der Waals surface area contributed by atoms with Crippen LogP contribution in [-0.4, -0.2) is 4.21 Å². The molecule has 0 aromatic heterocycles. The number of rotatable bonds is 4. The lowest BCUT2D eigenvalue weighted by molar-refractivity contribution is 0.688. The summed E-state index contributed by atoms with van der Waals surface area (Å²) in [5.41, 5.74) is 3.22. The van der Waals surface area contributed by atoms with E-state index in [9.17, 15) is 4.21 Å². The summed E-state index contributed by atoms with van der Waals surface area (Å²) in [5.74, 6) is 0.456. The highest BCUT2D eigenvalue weighted by atomic mass is 35.5. The van der Waals surface area contributed by atoms with Crippen molar-refractivity contribution in [3.8, 4) is 0 Å². The molecule has 0 aliphatic rings. The average Bonchev–Trinajstić information content (AvgIpc) is 2.45. The van der Waals surface area contributed by atoms with Crippen LogP contribution in [0.2, 0.25) is 0 Å². The van der Waals surface area contributed by atoms with Crippen LogP contribution in [0.3, 0.4) is 0 Å². The fourth-order valence-electron chi connectivity index (χ4n) is 1.70. The fraction of sp³-hybridized carbons (Fsp3) is 0.125. The summed E-state index contributed by atoms with van der Waals surface area (Å²) in [7, 11) is -1.13. The Morgan fingerprint density at radius 3 is 2.47 bits per heavy atom. The van der Waals surface area contributed by atoms with Gasteiger partial charge < -0.3 is 0 Å². The fourth-order valence-corrected chi connectivity index (χ4v) is 2.78. The highest BCUT2D eigenvalue weighted by Crippen LogP contribution is 2.15. The molecule has 0 bridgehead atoms. The van der Waals surface area contributed by atoms with Crippen molar-refractivity contribution in [3.05, 3.63) is 70.6 Å². The van der Waals surface area contributed by atoms with Gasteiger partial charge in [0.1, 0.15) is 0 Å². The minimum atomic E-state index is -1.13. The van der Waals surface area contributed by atoms with Gasteiger partial charge in [0.2, 0.25) is 0 Å². The summed E-state index contributed by atoms with van der Waals surface area (Å²) in [6, 6.07) is 15.6. The third-order valence-electron chi connectivity index (χ3n) is 2.82. The van der Waals surface area contributed by atoms with E-state index in [0.717, 1.165) is 21.6 Å². The maximum Gasteiger partial charge on any atom is 0.0776 e. The molecule has 2 aromatic rings. The second-order valence-corrected chi connectivity index (χ2v) is 5.85. The van der Waals surface area contributed by atoms with Crippen LogP contribution < -0.4 is 0 Å². The Labute approximate surface area is 121 Å². The van der Waals surface area contributed by atoms with E-state index < -0.39 is 10.8 Å². The maximum absolute atomic E-state index is 12.1. The standard InChI is InChI=1S/C16H15ClOS/c1-13-6-8-16(9-7-13)19(18)11-10-14-4-2-3-5-15(14)12-17/h2-11H,12H2,1H3/b11-10+. The van der Waals surface area contributed by atoms with E-state index in [1.165, 1.54) is 0 Å². The normalized spacial score (nSPS) is 12.7. The highest BCUT2D eigenvalue weighted by molar-refractivity contribution is 7.88. The lowest BCUT2D eigenvalue weighted by Crippen LogP contribution is -1.88. The molecule has 98 valence electrons. The van der Waals surface area contributed by atoms with E-state index in [2.05, 4.69) is 0 Å². The predicted octanol–water partition coefficient (Wildman–Crippen LogP) is 4.51. The first-order chi connectivity index (χ1) is 9.20. The Bertz CT molecular complexity index is 602. The van der Waals surface area contributed by atoms with Crippen LogP contribution in [0.25, 0.3) is 6.08 Å². The van der Waals surface area contributed by atoms with E-state index in [4.69, 9.17) is 11.6 Å². The minimum absolute atomic E-state index is 0.456. The molecule has 1 nitrogen and oxygen atoms in total. The summed E-state index contributed by atoms with van der Waals surface area (Å²) >= 11 is 5.87. The highest BCUT2D eigenvalue weighted by Gasteiger charge is 2.00. The molecule has 0 aliphatic heterocycles. The molecular weight excluding hydrogens is 276 g/mol. The summed E-state index contributed by atoms with van der Waals surface area (Å²) in [6.45, 7) is 2.01. The predicted molar refractivity (Wildman–Crippen MR) is 82.6 cm³/mol. The Kier molecular flexibility index (Phi) is 4.94. The SMILES string of the molecule is Cc1ccc(S(=O)/C=C/c2ccccc2CCl)cc1. The number of hydrogen-bond donors (Lipinski definition) is 0. The molecule has 0 saturated carbocycles. The summed E-state index contributed by atoms with van der Waals surface area (Å²) < 4.78 is 12.1. The molecule has 0 spiro atoms. The molecule has 2 aromatic carbocycles. The van der Waals surface area contributed by atoms with Crippen LogP contribution in [0.5, 0.6) is 0 Å². The quantitative estimate of drug-likeness (QED) is 0.757. The first-order valence-corrected chi connectivity index (χ1v) is 7.75. The van der Waals surface area contributed by atoms with Crippen LogP contribution in [0, 0.1) is 6.92 Å². The molecule has 0 heterocycles. The number of halogens is 1. The second-order valence-electron chi connectivity index (χ2n) is 4.25. The van der Waals surface area contributed by atoms with Crippen LogP contribution >= 0.6 is 11.6 Å². The molecule has 0 amide bonds. The lowest BCUT2D eigenvalue weighted by Gasteiger charge is -2.01. The zero-order chi connectivity index (χ0) is 13.7. The van der Waals surface area contributed by atoms with Crippen molar-refractivity contribution in [3.63, 3.8) is 0 Å². The van der Waals surface area contributed by atoms with E-state index in [1.54, 1.807) is 5.41 Å². The van der Waals surface area contributed by atoms with Crippen LogP contribution in [-0.2, 0) is 16.7 Å². The van der Waals surface area contributed by atoms with Gasteiger partial charge in [-0.1, -0.05) is 42.0 Å². The van der Waals surface area contributed by atoms with Gasteiger partial charge in [0.05, 0.1) is 10.8 Å². The molecule has 0 N–H and O–H groups in total. The van der Waals surface area contributed by atoms with Gasteiger partial charge in [-0.15, -0.1) is 11.6 Å². The molecule has 2 rings (SSSR count). The second kappa shape index (κ2) is 6.69. The van der Waals surface area contributed by atoms with Gasteiger partial charge in [0.15, 0.2) is 0 Å². The average molecular weight is 291 g/mol. The van der Waals surface area contributed by atoms with E-state index >= 15 is 0 Å². The van der Waals surface area contributed by atoms with E-state index in [-0.39, 0.29) is 0 Å². The zero-order valence-electron chi connectivity index (χ0n) is 10.7. The summed E-state index contributed by atoms with van der Waals surface area (Å²) in [5, 5.41) is 1.70. The van der Waals surface area contributed by atoms with Crippen molar-refractivity contribution in [1.29, 1.82) is 0 Å². The van der Waals surface area contributed by atoms with Gasteiger partial charge in [0, 0.05) is 16.2 Å². The number of aryl methyl sites for hydroxylation is 1. The zero-order valence-corrected chi connectivity index (χ0v) is 12.2. The van der Waals surface area contributed by atoms with Gasteiger partial charge in [0.25, 0.3) is 0 Å². The van der Waals surface area contributed by atoms with Crippen molar-refractivity contribution < 1.29 is 4.21 Å². The first-order valence-electron chi connectivity index (χ1n) is 6.00. The van der Waals surface area contributed by atoms with Crippen molar-refractivity contribution >= 4 is 28.5 Å². The molecule has 1 atom stereocenters. The van der Waals surface area contributed by atoms with Gasteiger partial charge >= 0.3 is 0 Å². The summed E-state index contributed by atoms with van der Waals surface area (Å²) in [4.78, 5) is 0.810. The van der Waals surface area contributed by atoms with Gasteiger partial charge in [-0.25, -0.2) is 4.21 Å². The van der Waals surface area contributed by atoms with Crippen LogP contribution in [0.4, 0.5) is 0 Å². The Balaban J connectivity index is 2.18. The van der Waals surface area contributed by atoms with Crippen LogP contribution in [0.15, 0.2) is 58.8 Å². The molecule has 0 saturated heterocycles. The molecule has 3 heteroatoms. The smallest absolute Gasteiger partial charge is 0.0776 e. The molecule has 0 radical (unpaired) electrons. The van der Waals surface area contributed by atoms with E-state index in [1.807, 2.05) is 61.5 Å². The molecule has 19 heavy (non-hydrogen) atoms. The number of hydrogen-bond acceptors (Lipinski definition) is 1. The molecule has 0 aliphatic carbocycles. The molecular formula is C16H15ClOS. The first kappa shape index (κ1) is 14.0. The maximum atomic E-state index is 12.1. The third kappa shape index (κ3) is 3.79. The summed E-state index contributed by atoms with van der Waals surface area (Å²) in [6.07, 6.45) is 1.87. The third-order valence-corrected chi connectivity index (χ3v) is 4.23. The van der Waals surface area contributed by atoms with Gasteiger partial charge in [-0.05, 0) is 36.3 Å². The van der Waals surface area contributed by atoms with Gasteiger partial charge in [-0.2, -0.15) is 0 Å². The van der Waals surface area contributed by atoms with Crippen molar-refractivity contribution in [1.82, 2.24) is 0 Å².